The third-order valence-corrected chi connectivity index (χ3v) is 2.51. The van der Waals surface area contributed by atoms with Crippen LogP contribution in [0.25, 0.3) is 0 Å². The van der Waals surface area contributed by atoms with Gasteiger partial charge in [0.25, 0.3) is 0 Å². The molecule has 1 heteroatoms. The molecule has 1 aliphatic carbocycles. The highest BCUT2D eigenvalue weighted by molar-refractivity contribution is 5.83. The van der Waals surface area contributed by atoms with Crippen LogP contribution in [0.2, 0.25) is 0 Å². The van der Waals surface area contributed by atoms with Gasteiger partial charge in [-0.05, 0) is 25.7 Å². The maximum absolute atomic E-state index is 11.3. The lowest BCUT2D eigenvalue weighted by Crippen LogP contribution is -2.12. The van der Waals surface area contributed by atoms with Crippen molar-refractivity contribution in [2.45, 2.75) is 33.1 Å². The van der Waals surface area contributed by atoms with E-state index in [9.17, 15) is 4.79 Å². The second kappa shape index (κ2) is 3.21. The van der Waals surface area contributed by atoms with Gasteiger partial charge < -0.3 is 0 Å². The second-order valence-electron chi connectivity index (χ2n) is 3.75. The molecule has 1 saturated carbocycles. The van der Waals surface area contributed by atoms with E-state index < -0.39 is 0 Å². The van der Waals surface area contributed by atoms with Crippen molar-refractivity contribution in [1.29, 1.82) is 0 Å². The summed E-state index contributed by atoms with van der Waals surface area (Å²) in [5, 5.41) is 0. The standard InChI is InChI=1S/C10H16O/c1-7(2)6-9-8(3)4-5-10(9)11/h8-9H,1,4-6H2,2-3H3/t8-,9+/m1/s1. The van der Waals surface area contributed by atoms with Crippen molar-refractivity contribution >= 4 is 5.78 Å². The summed E-state index contributed by atoms with van der Waals surface area (Å²) in [5.74, 6) is 1.31. The first kappa shape index (κ1) is 8.51. The summed E-state index contributed by atoms with van der Waals surface area (Å²) in [6, 6.07) is 0. The zero-order valence-corrected chi connectivity index (χ0v) is 7.39. The molecule has 0 aromatic rings. The average molecular weight is 152 g/mol. The molecule has 0 spiro atoms. The Kier molecular flexibility index (Phi) is 2.48. The second-order valence-corrected chi connectivity index (χ2v) is 3.75. The molecule has 0 N–H and O–H groups in total. The number of carbonyl (C=O) groups excluding carboxylic acids is 1. The van der Waals surface area contributed by atoms with Gasteiger partial charge in [-0.3, -0.25) is 4.79 Å². The van der Waals surface area contributed by atoms with Gasteiger partial charge in [-0.15, -0.1) is 6.58 Å². The molecule has 1 rings (SSSR count). The van der Waals surface area contributed by atoms with Gasteiger partial charge >= 0.3 is 0 Å². The van der Waals surface area contributed by atoms with Crippen LogP contribution in [0.15, 0.2) is 12.2 Å². The highest BCUT2D eigenvalue weighted by atomic mass is 16.1. The fourth-order valence-electron chi connectivity index (χ4n) is 1.76. The quantitative estimate of drug-likeness (QED) is 0.556. The number of allylic oxidation sites excluding steroid dienone is 1. The number of hydrogen-bond acceptors (Lipinski definition) is 1. The fraction of sp³-hybridized carbons (Fsp3) is 0.700. The Morgan fingerprint density at radius 1 is 1.73 bits per heavy atom. The Hall–Kier alpha value is -0.590. The Balaban J connectivity index is 2.54. The minimum atomic E-state index is 0.285. The molecule has 0 aromatic carbocycles. The molecule has 1 aliphatic rings. The van der Waals surface area contributed by atoms with Crippen LogP contribution in [0.3, 0.4) is 0 Å². The van der Waals surface area contributed by atoms with Crippen LogP contribution in [0.5, 0.6) is 0 Å². The number of ketones is 1. The molecule has 11 heavy (non-hydrogen) atoms. The minimum absolute atomic E-state index is 0.285. The molecule has 62 valence electrons. The van der Waals surface area contributed by atoms with E-state index in [1.54, 1.807) is 0 Å². The van der Waals surface area contributed by atoms with Crippen LogP contribution in [0.4, 0.5) is 0 Å². The highest BCUT2D eigenvalue weighted by Crippen LogP contribution is 2.32. The molecule has 2 atom stereocenters. The molecule has 1 nitrogen and oxygen atoms in total. The van der Waals surface area contributed by atoms with E-state index in [-0.39, 0.29) is 5.92 Å². The zero-order chi connectivity index (χ0) is 8.43. The third kappa shape index (κ3) is 1.92. The van der Waals surface area contributed by atoms with Crippen molar-refractivity contribution < 1.29 is 4.79 Å². The number of rotatable bonds is 2. The van der Waals surface area contributed by atoms with Gasteiger partial charge in [0.2, 0.25) is 0 Å². The first-order chi connectivity index (χ1) is 5.11. The van der Waals surface area contributed by atoms with E-state index in [2.05, 4.69) is 13.5 Å². The van der Waals surface area contributed by atoms with Gasteiger partial charge in [-0.2, -0.15) is 0 Å². The van der Waals surface area contributed by atoms with Gasteiger partial charge in [0.15, 0.2) is 0 Å². The van der Waals surface area contributed by atoms with E-state index in [0.29, 0.717) is 11.7 Å². The lowest BCUT2D eigenvalue weighted by molar-refractivity contribution is -0.121. The Morgan fingerprint density at radius 2 is 2.36 bits per heavy atom. The Bertz CT molecular complexity index is 181. The summed E-state index contributed by atoms with van der Waals surface area (Å²) in [6.07, 6.45) is 2.77. The topological polar surface area (TPSA) is 17.1 Å². The molecule has 0 aliphatic heterocycles. The SMILES string of the molecule is C=C(C)C[C@@H]1C(=O)CC[C@H]1C. The van der Waals surface area contributed by atoms with Gasteiger partial charge in [0.1, 0.15) is 5.78 Å². The smallest absolute Gasteiger partial charge is 0.136 e. The monoisotopic (exact) mass is 152 g/mol. The normalized spacial score (nSPS) is 30.9. The lowest BCUT2D eigenvalue weighted by Gasteiger charge is -2.12. The number of carbonyl (C=O) groups is 1. The molecule has 0 saturated heterocycles. The van der Waals surface area contributed by atoms with Crippen LogP contribution < -0.4 is 0 Å². The minimum Gasteiger partial charge on any atom is -0.299 e. The summed E-state index contributed by atoms with van der Waals surface area (Å²) in [5.41, 5.74) is 1.14. The lowest BCUT2D eigenvalue weighted by atomic mass is 9.91. The number of Topliss-reactive ketones (excluding diaryl/α,β-unsaturated/α-hetero) is 1. The fourth-order valence-corrected chi connectivity index (χ4v) is 1.76. The summed E-state index contributed by atoms with van der Waals surface area (Å²) in [4.78, 5) is 11.3. The van der Waals surface area contributed by atoms with Crippen LogP contribution in [0.1, 0.15) is 33.1 Å². The third-order valence-electron chi connectivity index (χ3n) is 2.51. The van der Waals surface area contributed by atoms with Crippen LogP contribution in [0, 0.1) is 11.8 Å². The van der Waals surface area contributed by atoms with Crippen molar-refractivity contribution in [1.82, 2.24) is 0 Å². The maximum atomic E-state index is 11.3. The summed E-state index contributed by atoms with van der Waals surface area (Å²) >= 11 is 0. The first-order valence-corrected chi connectivity index (χ1v) is 4.28. The molecular formula is C10H16O. The van der Waals surface area contributed by atoms with E-state index >= 15 is 0 Å². The summed E-state index contributed by atoms with van der Waals surface area (Å²) in [7, 11) is 0. The molecule has 0 amide bonds. The van der Waals surface area contributed by atoms with Crippen LogP contribution >= 0.6 is 0 Å². The van der Waals surface area contributed by atoms with Gasteiger partial charge in [0, 0.05) is 12.3 Å². The van der Waals surface area contributed by atoms with E-state index in [0.717, 1.165) is 24.8 Å². The maximum Gasteiger partial charge on any atom is 0.136 e. The largest absolute Gasteiger partial charge is 0.299 e. The van der Waals surface area contributed by atoms with Crippen molar-refractivity contribution in [3.05, 3.63) is 12.2 Å². The van der Waals surface area contributed by atoms with E-state index in [1.165, 1.54) is 0 Å². The summed E-state index contributed by atoms with van der Waals surface area (Å²) in [6.45, 7) is 8.00. The Labute approximate surface area is 68.5 Å². The van der Waals surface area contributed by atoms with Crippen LogP contribution in [-0.2, 0) is 4.79 Å². The zero-order valence-electron chi connectivity index (χ0n) is 7.39. The van der Waals surface area contributed by atoms with E-state index in [4.69, 9.17) is 0 Å². The first-order valence-electron chi connectivity index (χ1n) is 4.28. The van der Waals surface area contributed by atoms with E-state index in [1.807, 2.05) is 6.92 Å². The molecule has 0 heterocycles. The Morgan fingerprint density at radius 3 is 2.73 bits per heavy atom. The van der Waals surface area contributed by atoms with Crippen molar-refractivity contribution in [2.75, 3.05) is 0 Å². The molecular weight excluding hydrogens is 136 g/mol. The molecule has 0 bridgehead atoms. The highest BCUT2D eigenvalue weighted by Gasteiger charge is 2.30. The van der Waals surface area contributed by atoms with Gasteiger partial charge in [-0.1, -0.05) is 12.5 Å². The predicted molar refractivity (Wildman–Crippen MR) is 46.3 cm³/mol. The van der Waals surface area contributed by atoms with Gasteiger partial charge in [0.05, 0.1) is 0 Å². The number of hydrogen-bond donors (Lipinski definition) is 0. The van der Waals surface area contributed by atoms with Crippen LogP contribution in [-0.4, -0.2) is 5.78 Å². The predicted octanol–water partition coefficient (Wildman–Crippen LogP) is 2.57. The van der Waals surface area contributed by atoms with Crippen molar-refractivity contribution in [3.8, 4) is 0 Å². The molecule has 1 fully saturated rings. The van der Waals surface area contributed by atoms with Crippen molar-refractivity contribution in [3.63, 3.8) is 0 Å². The molecule has 0 aromatic heterocycles. The van der Waals surface area contributed by atoms with Crippen molar-refractivity contribution in [2.24, 2.45) is 11.8 Å². The molecule has 0 unspecified atom stereocenters. The van der Waals surface area contributed by atoms with Gasteiger partial charge in [-0.25, -0.2) is 0 Å². The molecule has 0 radical (unpaired) electrons. The average Bonchev–Trinajstić information content (AvgIpc) is 2.18. The summed E-state index contributed by atoms with van der Waals surface area (Å²) < 4.78 is 0.